The summed E-state index contributed by atoms with van der Waals surface area (Å²) >= 11 is 0. The summed E-state index contributed by atoms with van der Waals surface area (Å²) in [6.45, 7) is 4.79. The first kappa shape index (κ1) is 21.6. The second-order valence-corrected chi connectivity index (χ2v) is 7.30. The van der Waals surface area contributed by atoms with Crippen molar-refractivity contribution in [3.05, 3.63) is 71.8 Å². The minimum atomic E-state index is -0.757. The lowest BCUT2D eigenvalue weighted by Gasteiger charge is -2.18. The zero-order valence-electron chi connectivity index (χ0n) is 16.7. The van der Waals surface area contributed by atoms with Crippen LogP contribution in [-0.4, -0.2) is 18.4 Å². The van der Waals surface area contributed by atoms with Crippen molar-refractivity contribution in [3.63, 3.8) is 0 Å². The molecular formula is C23H30N2O3. The Balaban J connectivity index is 1.77. The number of carbonyl (C=O) groups is 2. The van der Waals surface area contributed by atoms with E-state index in [0.29, 0.717) is 13.0 Å². The van der Waals surface area contributed by atoms with E-state index in [1.165, 1.54) is 5.56 Å². The van der Waals surface area contributed by atoms with Gasteiger partial charge in [0.25, 0.3) is 5.91 Å². The van der Waals surface area contributed by atoms with Crippen LogP contribution in [0.2, 0.25) is 0 Å². The molecule has 0 aromatic heterocycles. The minimum absolute atomic E-state index is 0.222. The van der Waals surface area contributed by atoms with Gasteiger partial charge in [-0.15, -0.1) is 0 Å². The molecule has 2 aromatic rings. The molecule has 0 fully saturated rings. The minimum Gasteiger partial charge on any atom is -0.355 e. The fourth-order valence-electron chi connectivity index (χ4n) is 2.91. The quantitative estimate of drug-likeness (QED) is 0.354. The maximum absolute atomic E-state index is 12.5. The molecule has 0 bridgehead atoms. The Bertz CT molecular complexity index is 717. The summed E-state index contributed by atoms with van der Waals surface area (Å²) in [6, 6.07) is 19.7. The van der Waals surface area contributed by atoms with E-state index in [4.69, 9.17) is 4.84 Å². The van der Waals surface area contributed by atoms with Gasteiger partial charge in [0.05, 0.1) is 6.61 Å². The van der Waals surface area contributed by atoms with Crippen molar-refractivity contribution in [2.24, 2.45) is 11.8 Å². The van der Waals surface area contributed by atoms with Crippen LogP contribution in [0.1, 0.15) is 37.8 Å². The molecule has 2 N–H and O–H groups in total. The highest BCUT2D eigenvalue weighted by Gasteiger charge is 2.27. The fourth-order valence-corrected chi connectivity index (χ4v) is 2.91. The molecule has 0 aliphatic carbocycles. The van der Waals surface area contributed by atoms with E-state index in [1.807, 2.05) is 62.4 Å². The first-order chi connectivity index (χ1) is 13.6. The highest BCUT2D eigenvalue weighted by atomic mass is 16.6. The van der Waals surface area contributed by atoms with Gasteiger partial charge in [-0.3, -0.25) is 14.4 Å². The van der Waals surface area contributed by atoms with Crippen molar-refractivity contribution in [1.29, 1.82) is 0 Å². The van der Waals surface area contributed by atoms with E-state index < -0.39 is 11.8 Å². The molecule has 0 saturated heterocycles. The van der Waals surface area contributed by atoms with Gasteiger partial charge in [0.1, 0.15) is 5.92 Å². The van der Waals surface area contributed by atoms with Crippen LogP contribution in [0.25, 0.3) is 0 Å². The zero-order chi connectivity index (χ0) is 20.2. The Kier molecular flexibility index (Phi) is 9.22. The molecule has 150 valence electrons. The molecule has 2 amide bonds. The van der Waals surface area contributed by atoms with Gasteiger partial charge in [-0.25, -0.2) is 5.48 Å². The Morgan fingerprint density at radius 2 is 1.50 bits per heavy atom. The van der Waals surface area contributed by atoms with Gasteiger partial charge < -0.3 is 5.32 Å². The zero-order valence-corrected chi connectivity index (χ0v) is 16.7. The lowest BCUT2D eigenvalue weighted by Crippen LogP contribution is -2.42. The number of hydroxylamine groups is 1. The predicted octanol–water partition coefficient (Wildman–Crippen LogP) is 3.65. The molecule has 5 heteroatoms. The van der Waals surface area contributed by atoms with Crippen LogP contribution in [0, 0.1) is 11.8 Å². The fraction of sp³-hybridized carbons (Fsp3) is 0.391. The third-order valence-corrected chi connectivity index (χ3v) is 4.38. The maximum atomic E-state index is 12.5. The van der Waals surface area contributed by atoms with Crippen molar-refractivity contribution >= 4 is 11.8 Å². The predicted molar refractivity (Wildman–Crippen MR) is 110 cm³/mol. The van der Waals surface area contributed by atoms with Gasteiger partial charge in [-0.1, -0.05) is 74.5 Å². The molecular weight excluding hydrogens is 352 g/mol. The number of nitrogens with one attached hydrogen (secondary N) is 2. The second-order valence-electron chi connectivity index (χ2n) is 7.30. The number of amides is 2. The van der Waals surface area contributed by atoms with Crippen LogP contribution in [-0.2, 0) is 27.5 Å². The SMILES string of the molecule is CC(C)CC(C(=O)NCCCc1ccccc1)C(=O)NOCc1ccccc1. The Morgan fingerprint density at radius 1 is 0.893 bits per heavy atom. The molecule has 0 spiro atoms. The molecule has 1 atom stereocenters. The molecule has 0 aliphatic heterocycles. The summed E-state index contributed by atoms with van der Waals surface area (Å²) in [5.74, 6) is -1.18. The average molecular weight is 383 g/mol. The smallest absolute Gasteiger partial charge is 0.256 e. The van der Waals surface area contributed by atoms with Crippen LogP contribution < -0.4 is 10.8 Å². The summed E-state index contributed by atoms with van der Waals surface area (Å²) in [5.41, 5.74) is 4.62. The molecule has 5 nitrogen and oxygen atoms in total. The molecule has 0 radical (unpaired) electrons. The summed E-state index contributed by atoms with van der Waals surface area (Å²) in [4.78, 5) is 30.3. The van der Waals surface area contributed by atoms with E-state index in [2.05, 4.69) is 22.9 Å². The van der Waals surface area contributed by atoms with Gasteiger partial charge in [0.2, 0.25) is 5.91 Å². The molecule has 1 unspecified atom stereocenters. The lowest BCUT2D eigenvalue weighted by atomic mass is 9.95. The van der Waals surface area contributed by atoms with Crippen molar-refractivity contribution in [3.8, 4) is 0 Å². The Hall–Kier alpha value is -2.66. The van der Waals surface area contributed by atoms with E-state index >= 15 is 0 Å². The molecule has 28 heavy (non-hydrogen) atoms. The summed E-state index contributed by atoms with van der Waals surface area (Å²) in [6.07, 6.45) is 2.20. The van der Waals surface area contributed by atoms with Crippen molar-refractivity contribution in [2.45, 2.75) is 39.7 Å². The van der Waals surface area contributed by atoms with Crippen LogP contribution >= 0.6 is 0 Å². The molecule has 0 aliphatic rings. The number of aryl methyl sites for hydroxylation is 1. The largest absolute Gasteiger partial charge is 0.355 e. The van der Waals surface area contributed by atoms with Crippen LogP contribution in [0.3, 0.4) is 0 Å². The van der Waals surface area contributed by atoms with Crippen LogP contribution in [0.4, 0.5) is 0 Å². The van der Waals surface area contributed by atoms with E-state index in [0.717, 1.165) is 18.4 Å². The third kappa shape index (κ3) is 7.92. The van der Waals surface area contributed by atoms with E-state index in [1.54, 1.807) is 0 Å². The summed E-state index contributed by atoms with van der Waals surface area (Å²) in [5, 5.41) is 2.89. The van der Waals surface area contributed by atoms with Gasteiger partial charge in [-0.05, 0) is 36.3 Å². The standard InChI is InChI=1S/C23H30N2O3/c1-18(2)16-21(23(27)25-28-17-20-12-7-4-8-13-20)22(26)24-15-9-14-19-10-5-3-6-11-19/h3-8,10-13,18,21H,9,14-17H2,1-2H3,(H,24,26)(H,25,27). The second kappa shape index (κ2) is 11.9. The summed E-state index contributed by atoms with van der Waals surface area (Å²) < 4.78 is 0. The monoisotopic (exact) mass is 382 g/mol. The Labute approximate surface area is 167 Å². The maximum Gasteiger partial charge on any atom is 0.256 e. The highest BCUT2D eigenvalue weighted by molar-refractivity contribution is 5.99. The van der Waals surface area contributed by atoms with Gasteiger partial charge in [0.15, 0.2) is 0 Å². The highest BCUT2D eigenvalue weighted by Crippen LogP contribution is 2.13. The number of hydrogen-bond acceptors (Lipinski definition) is 3. The van der Waals surface area contributed by atoms with Gasteiger partial charge in [-0.2, -0.15) is 0 Å². The van der Waals surface area contributed by atoms with Gasteiger partial charge in [0, 0.05) is 6.54 Å². The first-order valence-electron chi connectivity index (χ1n) is 9.83. The van der Waals surface area contributed by atoms with E-state index in [9.17, 15) is 9.59 Å². The van der Waals surface area contributed by atoms with Gasteiger partial charge >= 0.3 is 0 Å². The van der Waals surface area contributed by atoms with Crippen LogP contribution in [0.15, 0.2) is 60.7 Å². The Morgan fingerprint density at radius 3 is 2.11 bits per heavy atom. The van der Waals surface area contributed by atoms with E-state index in [-0.39, 0.29) is 18.4 Å². The average Bonchev–Trinajstić information content (AvgIpc) is 2.70. The number of carbonyl (C=O) groups excluding carboxylic acids is 2. The normalized spacial score (nSPS) is 11.8. The molecule has 0 saturated carbocycles. The number of rotatable bonds is 11. The molecule has 2 aromatic carbocycles. The topological polar surface area (TPSA) is 67.4 Å². The van der Waals surface area contributed by atoms with Crippen molar-refractivity contribution in [1.82, 2.24) is 10.8 Å². The van der Waals surface area contributed by atoms with Crippen molar-refractivity contribution < 1.29 is 14.4 Å². The number of benzene rings is 2. The number of hydrogen-bond donors (Lipinski definition) is 2. The lowest BCUT2D eigenvalue weighted by molar-refractivity contribution is -0.145. The molecule has 0 heterocycles. The van der Waals surface area contributed by atoms with Crippen molar-refractivity contribution in [2.75, 3.05) is 6.54 Å². The van der Waals surface area contributed by atoms with Crippen LogP contribution in [0.5, 0.6) is 0 Å². The first-order valence-corrected chi connectivity index (χ1v) is 9.83. The third-order valence-electron chi connectivity index (χ3n) is 4.38. The summed E-state index contributed by atoms with van der Waals surface area (Å²) in [7, 11) is 0. The molecule has 2 rings (SSSR count).